The second-order valence-corrected chi connectivity index (χ2v) is 6.67. The summed E-state index contributed by atoms with van der Waals surface area (Å²) < 4.78 is 16.5. The summed E-state index contributed by atoms with van der Waals surface area (Å²) in [5, 5.41) is 2.95. The topological polar surface area (TPSA) is 56.8 Å². The molecule has 0 saturated carbocycles. The van der Waals surface area contributed by atoms with Crippen LogP contribution in [0.25, 0.3) is 0 Å². The van der Waals surface area contributed by atoms with Crippen molar-refractivity contribution in [2.75, 3.05) is 14.2 Å². The lowest BCUT2D eigenvalue weighted by atomic mass is 10.1. The van der Waals surface area contributed by atoms with Gasteiger partial charge in [-0.1, -0.05) is 12.1 Å². The molecule has 2 aromatic rings. The van der Waals surface area contributed by atoms with Crippen LogP contribution in [0.5, 0.6) is 17.2 Å². The van der Waals surface area contributed by atoms with Crippen molar-refractivity contribution in [1.29, 1.82) is 0 Å². The second kappa shape index (κ2) is 7.92. The fourth-order valence-electron chi connectivity index (χ4n) is 2.34. The van der Waals surface area contributed by atoms with Gasteiger partial charge in [-0.05, 0) is 51.1 Å². The van der Waals surface area contributed by atoms with E-state index in [0.717, 1.165) is 5.56 Å². The van der Waals surface area contributed by atoms with E-state index in [1.54, 1.807) is 32.4 Å². The fourth-order valence-corrected chi connectivity index (χ4v) is 2.34. The Morgan fingerprint density at radius 3 is 2.20 bits per heavy atom. The predicted octanol–water partition coefficient (Wildman–Crippen LogP) is 3.81. The van der Waals surface area contributed by atoms with Crippen molar-refractivity contribution in [3.05, 3.63) is 53.6 Å². The Bertz CT molecular complexity index is 735. The highest BCUT2D eigenvalue weighted by Crippen LogP contribution is 2.28. The van der Waals surface area contributed by atoms with Crippen molar-refractivity contribution >= 4 is 5.91 Å². The molecule has 25 heavy (non-hydrogen) atoms. The molecule has 5 nitrogen and oxygen atoms in total. The van der Waals surface area contributed by atoms with Crippen LogP contribution in [0.2, 0.25) is 0 Å². The van der Waals surface area contributed by atoms with Crippen LogP contribution < -0.4 is 19.5 Å². The van der Waals surface area contributed by atoms with Crippen LogP contribution in [0.1, 0.15) is 36.7 Å². The molecule has 0 aliphatic rings. The van der Waals surface area contributed by atoms with Gasteiger partial charge in [-0.25, -0.2) is 0 Å². The number of nitrogens with one attached hydrogen (secondary N) is 1. The van der Waals surface area contributed by atoms with Gasteiger partial charge in [0.15, 0.2) is 11.5 Å². The average molecular weight is 343 g/mol. The van der Waals surface area contributed by atoms with Crippen molar-refractivity contribution in [3.8, 4) is 17.2 Å². The Balaban J connectivity index is 2.21. The molecule has 0 atom stereocenters. The lowest BCUT2D eigenvalue weighted by molar-refractivity contribution is 0.0919. The summed E-state index contributed by atoms with van der Waals surface area (Å²) in [5.41, 5.74) is 1.05. The number of amides is 1. The lowest BCUT2D eigenvalue weighted by Crippen LogP contribution is -2.40. The standard InChI is InChI=1S/C20H25NO4/c1-20(2,3)21-19(22)14-10-11-16(23-4)15(12-14)13-25-18-9-7-6-8-17(18)24-5/h6-12H,13H2,1-5H3,(H,21,22). The van der Waals surface area contributed by atoms with Crippen LogP contribution in [0.4, 0.5) is 0 Å². The van der Waals surface area contributed by atoms with Crippen LogP contribution in [0, 0.1) is 0 Å². The van der Waals surface area contributed by atoms with Crippen molar-refractivity contribution < 1.29 is 19.0 Å². The van der Waals surface area contributed by atoms with E-state index in [9.17, 15) is 4.79 Å². The first-order valence-corrected chi connectivity index (χ1v) is 8.09. The highest BCUT2D eigenvalue weighted by atomic mass is 16.5. The van der Waals surface area contributed by atoms with Crippen LogP contribution in [0.3, 0.4) is 0 Å². The van der Waals surface area contributed by atoms with Crippen molar-refractivity contribution in [2.24, 2.45) is 0 Å². The largest absolute Gasteiger partial charge is 0.496 e. The van der Waals surface area contributed by atoms with Crippen molar-refractivity contribution in [1.82, 2.24) is 5.32 Å². The molecule has 0 aliphatic heterocycles. The molecule has 0 spiro atoms. The van der Waals surface area contributed by atoms with Gasteiger partial charge in [0.2, 0.25) is 0 Å². The van der Waals surface area contributed by atoms with Crippen molar-refractivity contribution in [3.63, 3.8) is 0 Å². The third kappa shape index (κ3) is 5.14. The fraction of sp³-hybridized carbons (Fsp3) is 0.350. The molecule has 5 heteroatoms. The van der Waals surface area contributed by atoms with Gasteiger partial charge in [0.05, 0.1) is 14.2 Å². The zero-order valence-electron chi connectivity index (χ0n) is 15.4. The monoisotopic (exact) mass is 343 g/mol. The van der Waals surface area contributed by atoms with E-state index in [-0.39, 0.29) is 18.1 Å². The second-order valence-electron chi connectivity index (χ2n) is 6.67. The number of carbonyl (C=O) groups excluding carboxylic acids is 1. The van der Waals surface area contributed by atoms with Gasteiger partial charge in [-0.3, -0.25) is 4.79 Å². The first-order chi connectivity index (χ1) is 11.8. The third-order valence-corrected chi connectivity index (χ3v) is 3.48. The molecule has 0 aromatic heterocycles. The van der Waals surface area contributed by atoms with E-state index in [0.29, 0.717) is 22.8 Å². The Labute approximate surface area is 148 Å². The van der Waals surface area contributed by atoms with E-state index in [2.05, 4.69) is 5.32 Å². The van der Waals surface area contributed by atoms with Crippen LogP contribution in [-0.4, -0.2) is 25.7 Å². The van der Waals surface area contributed by atoms with Gasteiger partial charge in [0.25, 0.3) is 5.91 Å². The molecule has 0 bridgehead atoms. The Morgan fingerprint density at radius 1 is 0.960 bits per heavy atom. The van der Waals surface area contributed by atoms with Gasteiger partial charge in [-0.15, -0.1) is 0 Å². The minimum atomic E-state index is -0.301. The summed E-state index contributed by atoms with van der Waals surface area (Å²) in [5.74, 6) is 1.83. The van der Waals surface area contributed by atoms with E-state index in [4.69, 9.17) is 14.2 Å². The summed E-state index contributed by atoms with van der Waals surface area (Å²) in [6.07, 6.45) is 0. The molecule has 0 unspecified atom stereocenters. The first kappa shape index (κ1) is 18.6. The Kier molecular flexibility index (Phi) is 5.91. The number of hydrogen-bond donors (Lipinski definition) is 1. The molecule has 0 radical (unpaired) electrons. The smallest absolute Gasteiger partial charge is 0.251 e. The number of ether oxygens (including phenoxy) is 3. The number of para-hydroxylation sites is 2. The minimum absolute atomic E-state index is 0.131. The Morgan fingerprint density at radius 2 is 1.60 bits per heavy atom. The number of hydrogen-bond acceptors (Lipinski definition) is 4. The van der Waals surface area contributed by atoms with E-state index >= 15 is 0 Å². The summed E-state index contributed by atoms with van der Waals surface area (Å²) in [4.78, 5) is 12.4. The lowest BCUT2D eigenvalue weighted by Gasteiger charge is -2.21. The van der Waals surface area contributed by atoms with Gasteiger partial charge in [-0.2, -0.15) is 0 Å². The van der Waals surface area contributed by atoms with Gasteiger partial charge in [0.1, 0.15) is 12.4 Å². The van der Waals surface area contributed by atoms with Crippen LogP contribution in [-0.2, 0) is 6.61 Å². The maximum absolute atomic E-state index is 12.4. The van der Waals surface area contributed by atoms with Gasteiger partial charge in [0, 0.05) is 16.7 Å². The Hall–Kier alpha value is -2.69. The molecule has 1 amide bonds. The highest BCUT2D eigenvalue weighted by Gasteiger charge is 2.17. The molecular weight excluding hydrogens is 318 g/mol. The predicted molar refractivity (Wildman–Crippen MR) is 97.5 cm³/mol. The molecule has 134 valence electrons. The molecule has 2 rings (SSSR count). The van der Waals surface area contributed by atoms with Crippen LogP contribution >= 0.6 is 0 Å². The van der Waals surface area contributed by atoms with Crippen LogP contribution in [0.15, 0.2) is 42.5 Å². The maximum Gasteiger partial charge on any atom is 0.251 e. The SMILES string of the molecule is COc1ccc(C(=O)NC(C)(C)C)cc1COc1ccccc1OC. The third-order valence-electron chi connectivity index (χ3n) is 3.48. The first-order valence-electron chi connectivity index (χ1n) is 8.09. The maximum atomic E-state index is 12.4. The number of methoxy groups -OCH3 is 2. The molecular formula is C20H25NO4. The zero-order valence-corrected chi connectivity index (χ0v) is 15.4. The summed E-state index contributed by atoms with van der Waals surface area (Å²) >= 11 is 0. The van der Waals surface area contributed by atoms with Crippen molar-refractivity contribution in [2.45, 2.75) is 32.9 Å². The summed E-state index contributed by atoms with van der Waals surface area (Å²) in [6, 6.07) is 12.7. The zero-order chi connectivity index (χ0) is 18.4. The van der Waals surface area contributed by atoms with Gasteiger partial charge < -0.3 is 19.5 Å². The van der Waals surface area contributed by atoms with E-state index in [1.807, 2.05) is 45.0 Å². The molecule has 0 aliphatic carbocycles. The minimum Gasteiger partial charge on any atom is -0.496 e. The van der Waals surface area contributed by atoms with Gasteiger partial charge >= 0.3 is 0 Å². The highest BCUT2D eigenvalue weighted by molar-refractivity contribution is 5.95. The summed E-state index contributed by atoms with van der Waals surface area (Å²) in [7, 11) is 3.19. The quantitative estimate of drug-likeness (QED) is 0.866. The number of benzene rings is 2. The normalized spacial score (nSPS) is 10.9. The van der Waals surface area contributed by atoms with E-state index < -0.39 is 0 Å². The summed E-state index contributed by atoms with van der Waals surface area (Å²) in [6.45, 7) is 6.10. The molecule has 0 saturated heterocycles. The molecule has 0 heterocycles. The van der Waals surface area contributed by atoms with E-state index in [1.165, 1.54) is 0 Å². The number of carbonyl (C=O) groups is 1. The average Bonchev–Trinajstić information content (AvgIpc) is 2.58. The number of rotatable bonds is 6. The molecule has 1 N–H and O–H groups in total. The molecule has 2 aromatic carbocycles. The molecule has 0 fully saturated rings.